The van der Waals surface area contributed by atoms with E-state index in [1.807, 2.05) is 13.0 Å². The van der Waals surface area contributed by atoms with Crippen LogP contribution in [0.15, 0.2) is 36.5 Å². The molecule has 0 atom stereocenters. The molecule has 0 aliphatic carbocycles. The maximum Gasteiger partial charge on any atom is 0.335 e. The van der Waals surface area contributed by atoms with Crippen molar-refractivity contribution in [3.63, 3.8) is 0 Å². The molecular weight excluding hydrogens is 246 g/mol. The van der Waals surface area contributed by atoms with Crippen LogP contribution in [0.4, 0.5) is 0 Å². The number of aryl methyl sites for hydroxylation is 1. The summed E-state index contributed by atoms with van der Waals surface area (Å²) in [5.74, 6) is 0.138. The van der Waals surface area contributed by atoms with Crippen molar-refractivity contribution < 1.29 is 19.4 Å². The number of aromatic carboxylic acids is 1. The first-order valence-corrected chi connectivity index (χ1v) is 5.62. The van der Waals surface area contributed by atoms with Crippen molar-refractivity contribution in [2.75, 3.05) is 7.11 Å². The SMILES string of the molecule is COc1ccc(C(=O)O)cc1Oc1cc(C)ccn1. The molecule has 0 spiro atoms. The van der Waals surface area contributed by atoms with Crippen LogP contribution in [0.5, 0.6) is 17.4 Å². The number of carboxylic acids is 1. The van der Waals surface area contributed by atoms with Gasteiger partial charge in [0.15, 0.2) is 11.5 Å². The van der Waals surface area contributed by atoms with Crippen LogP contribution in [0.3, 0.4) is 0 Å². The van der Waals surface area contributed by atoms with Crippen molar-refractivity contribution in [2.24, 2.45) is 0 Å². The highest BCUT2D eigenvalue weighted by Gasteiger charge is 2.11. The Kier molecular flexibility index (Phi) is 3.66. The van der Waals surface area contributed by atoms with Gasteiger partial charge in [-0.05, 0) is 36.8 Å². The zero-order valence-corrected chi connectivity index (χ0v) is 10.6. The number of nitrogens with zero attached hydrogens (tertiary/aromatic N) is 1. The average Bonchev–Trinajstić information content (AvgIpc) is 2.38. The molecule has 0 unspecified atom stereocenters. The Morgan fingerprint density at radius 1 is 1.21 bits per heavy atom. The Morgan fingerprint density at radius 3 is 2.63 bits per heavy atom. The van der Waals surface area contributed by atoms with Gasteiger partial charge in [0.25, 0.3) is 0 Å². The molecular formula is C14H13NO4. The molecule has 5 nitrogen and oxygen atoms in total. The maximum atomic E-state index is 10.9. The zero-order chi connectivity index (χ0) is 13.8. The molecule has 2 aromatic rings. The Bertz CT molecular complexity index is 610. The van der Waals surface area contributed by atoms with Crippen molar-refractivity contribution in [1.82, 2.24) is 4.98 Å². The molecule has 0 bridgehead atoms. The molecule has 1 aromatic carbocycles. The quantitative estimate of drug-likeness (QED) is 0.914. The number of pyridine rings is 1. The van der Waals surface area contributed by atoms with E-state index in [1.165, 1.54) is 19.2 Å². The zero-order valence-electron chi connectivity index (χ0n) is 10.6. The minimum absolute atomic E-state index is 0.128. The second-order valence-electron chi connectivity index (χ2n) is 3.94. The number of carbonyl (C=O) groups is 1. The third-order valence-corrected chi connectivity index (χ3v) is 2.52. The number of ether oxygens (including phenoxy) is 2. The van der Waals surface area contributed by atoms with Gasteiger partial charge in [0.1, 0.15) is 0 Å². The van der Waals surface area contributed by atoms with Gasteiger partial charge in [-0.25, -0.2) is 9.78 Å². The largest absolute Gasteiger partial charge is 0.493 e. The summed E-state index contributed by atoms with van der Waals surface area (Å²) in [6.45, 7) is 1.92. The van der Waals surface area contributed by atoms with Gasteiger partial charge in [0.05, 0.1) is 12.7 Å². The summed E-state index contributed by atoms with van der Waals surface area (Å²) in [4.78, 5) is 15.0. The predicted molar refractivity (Wildman–Crippen MR) is 69.0 cm³/mol. The molecule has 0 saturated heterocycles. The van der Waals surface area contributed by atoms with E-state index in [0.717, 1.165) is 5.56 Å². The number of benzene rings is 1. The van der Waals surface area contributed by atoms with Crippen LogP contribution in [-0.4, -0.2) is 23.2 Å². The van der Waals surface area contributed by atoms with Crippen molar-refractivity contribution >= 4 is 5.97 Å². The van der Waals surface area contributed by atoms with Gasteiger partial charge in [-0.15, -0.1) is 0 Å². The molecule has 0 saturated carbocycles. The summed E-state index contributed by atoms with van der Waals surface area (Å²) in [6.07, 6.45) is 1.62. The maximum absolute atomic E-state index is 10.9. The number of hydrogen-bond acceptors (Lipinski definition) is 4. The predicted octanol–water partition coefficient (Wildman–Crippen LogP) is 2.89. The van der Waals surface area contributed by atoms with Crippen LogP contribution in [0, 0.1) is 6.92 Å². The van der Waals surface area contributed by atoms with Gasteiger partial charge in [0, 0.05) is 12.3 Å². The molecule has 1 N–H and O–H groups in total. The number of aromatic nitrogens is 1. The lowest BCUT2D eigenvalue weighted by Gasteiger charge is -2.10. The Morgan fingerprint density at radius 2 is 2.00 bits per heavy atom. The van der Waals surface area contributed by atoms with E-state index in [9.17, 15) is 4.79 Å². The third-order valence-electron chi connectivity index (χ3n) is 2.52. The summed E-state index contributed by atoms with van der Waals surface area (Å²) in [7, 11) is 1.49. The van der Waals surface area contributed by atoms with Gasteiger partial charge < -0.3 is 14.6 Å². The second kappa shape index (κ2) is 5.39. The van der Waals surface area contributed by atoms with Crippen LogP contribution in [0.2, 0.25) is 0 Å². The van der Waals surface area contributed by atoms with Gasteiger partial charge in [-0.2, -0.15) is 0 Å². The lowest BCUT2D eigenvalue weighted by molar-refractivity contribution is 0.0696. The highest BCUT2D eigenvalue weighted by Crippen LogP contribution is 2.31. The monoisotopic (exact) mass is 259 g/mol. The van der Waals surface area contributed by atoms with Gasteiger partial charge in [0.2, 0.25) is 5.88 Å². The molecule has 98 valence electrons. The van der Waals surface area contributed by atoms with Crippen LogP contribution in [-0.2, 0) is 0 Å². The molecule has 5 heteroatoms. The number of hydrogen-bond donors (Lipinski definition) is 1. The molecule has 19 heavy (non-hydrogen) atoms. The van der Waals surface area contributed by atoms with Gasteiger partial charge >= 0.3 is 5.97 Å². The third kappa shape index (κ3) is 3.01. The lowest BCUT2D eigenvalue weighted by Crippen LogP contribution is -1.99. The fourth-order valence-electron chi connectivity index (χ4n) is 1.57. The topological polar surface area (TPSA) is 68.7 Å². The van der Waals surface area contributed by atoms with Crippen LogP contribution in [0.1, 0.15) is 15.9 Å². The summed E-state index contributed by atoms with van der Waals surface area (Å²) in [6, 6.07) is 8.02. The highest BCUT2D eigenvalue weighted by molar-refractivity contribution is 5.88. The smallest absolute Gasteiger partial charge is 0.335 e. The summed E-state index contributed by atoms with van der Waals surface area (Å²) >= 11 is 0. The van der Waals surface area contributed by atoms with Crippen molar-refractivity contribution in [3.05, 3.63) is 47.7 Å². The van der Waals surface area contributed by atoms with Crippen molar-refractivity contribution in [2.45, 2.75) is 6.92 Å². The first kappa shape index (κ1) is 12.9. The van der Waals surface area contributed by atoms with Crippen LogP contribution < -0.4 is 9.47 Å². The van der Waals surface area contributed by atoms with E-state index in [4.69, 9.17) is 14.6 Å². The minimum Gasteiger partial charge on any atom is -0.493 e. The molecule has 0 radical (unpaired) electrons. The van der Waals surface area contributed by atoms with E-state index in [1.54, 1.807) is 18.3 Å². The van der Waals surface area contributed by atoms with E-state index in [0.29, 0.717) is 17.4 Å². The van der Waals surface area contributed by atoms with E-state index < -0.39 is 5.97 Å². The first-order chi connectivity index (χ1) is 9.10. The van der Waals surface area contributed by atoms with Gasteiger partial charge in [-0.1, -0.05) is 0 Å². The van der Waals surface area contributed by atoms with E-state index >= 15 is 0 Å². The van der Waals surface area contributed by atoms with E-state index in [2.05, 4.69) is 4.98 Å². The number of rotatable bonds is 4. The van der Waals surface area contributed by atoms with E-state index in [-0.39, 0.29) is 5.56 Å². The standard InChI is InChI=1S/C14H13NO4/c1-9-5-6-15-13(7-9)19-12-8-10(14(16)17)3-4-11(12)18-2/h3-8H,1-2H3,(H,16,17). The normalized spacial score (nSPS) is 10.0. The first-order valence-electron chi connectivity index (χ1n) is 5.62. The molecule has 1 heterocycles. The molecule has 2 rings (SSSR count). The van der Waals surface area contributed by atoms with Crippen LogP contribution in [0.25, 0.3) is 0 Å². The van der Waals surface area contributed by atoms with Gasteiger partial charge in [-0.3, -0.25) is 0 Å². The Balaban J connectivity index is 2.37. The molecule has 1 aromatic heterocycles. The summed E-state index contributed by atoms with van der Waals surface area (Å²) in [5, 5.41) is 8.97. The van der Waals surface area contributed by atoms with Crippen LogP contribution >= 0.6 is 0 Å². The fraction of sp³-hybridized carbons (Fsp3) is 0.143. The minimum atomic E-state index is -1.02. The summed E-state index contributed by atoms with van der Waals surface area (Å²) in [5.41, 5.74) is 1.13. The summed E-state index contributed by atoms with van der Waals surface area (Å²) < 4.78 is 10.7. The number of methoxy groups -OCH3 is 1. The second-order valence-corrected chi connectivity index (χ2v) is 3.94. The lowest BCUT2D eigenvalue weighted by atomic mass is 10.2. The fourth-order valence-corrected chi connectivity index (χ4v) is 1.57. The molecule has 0 aliphatic rings. The van der Waals surface area contributed by atoms with Crippen molar-refractivity contribution in [1.29, 1.82) is 0 Å². The van der Waals surface area contributed by atoms with Crippen molar-refractivity contribution in [3.8, 4) is 17.4 Å². The number of carboxylic acid groups (broad SMARTS) is 1. The average molecular weight is 259 g/mol. The molecule has 0 amide bonds. The Labute approximate surface area is 110 Å². The molecule has 0 fully saturated rings. The Hall–Kier alpha value is -2.56. The highest BCUT2D eigenvalue weighted by atomic mass is 16.5. The molecule has 0 aliphatic heterocycles.